The summed E-state index contributed by atoms with van der Waals surface area (Å²) in [6, 6.07) is 6.88. The molecule has 1 aromatic rings. The first kappa shape index (κ1) is 15.2. The maximum Gasteiger partial charge on any atom is 0.405 e. The van der Waals surface area contributed by atoms with Crippen molar-refractivity contribution in [3.63, 3.8) is 0 Å². The van der Waals surface area contributed by atoms with Gasteiger partial charge >= 0.3 is 18.0 Å². The Morgan fingerprint density at radius 2 is 1.67 bits per heavy atom. The SMILES string of the molecule is O=P(O)(OS(=O)(=O)O)c1ccccc1.[Zr]. The fourth-order valence-corrected chi connectivity index (χ4v) is 2.70. The number of rotatable bonds is 3. The van der Waals surface area contributed by atoms with E-state index in [2.05, 4.69) is 3.97 Å². The first-order valence-electron chi connectivity index (χ1n) is 3.38. The molecule has 1 unspecified atom stereocenters. The van der Waals surface area contributed by atoms with Gasteiger partial charge in [-0.05, 0) is 12.1 Å². The molecule has 1 aromatic carbocycles. The van der Waals surface area contributed by atoms with Crippen LogP contribution in [0.15, 0.2) is 30.3 Å². The zero-order valence-corrected chi connectivity index (χ0v) is 11.4. The van der Waals surface area contributed by atoms with E-state index in [4.69, 9.17) is 9.45 Å². The summed E-state index contributed by atoms with van der Waals surface area (Å²) in [4.78, 5) is 9.12. The summed E-state index contributed by atoms with van der Waals surface area (Å²) in [5, 5.41) is -0.211. The molecule has 0 saturated heterocycles. The standard InChI is InChI=1S/C6H7O6PS.Zr/c7-13(8,12-14(9,10)11)6-4-2-1-3-5-6;/h1-5H,(H,7,8)(H,9,10,11);. The van der Waals surface area contributed by atoms with Crippen molar-refractivity contribution >= 4 is 23.3 Å². The van der Waals surface area contributed by atoms with Gasteiger partial charge in [0, 0.05) is 26.2 Å². The van der Waals surface area contributed by atoms with Crippen LogP contribution >= 0.6 is 7.60 Å². The molecule has 0 aromatic heterocycles. The Bertz CT molecular complexity index is 458. The Morgan fingerprint density at radius 3 is 2.07 bits per heavy atom. The zero-order chi connectivity index (χ0) is 10.8. The molecular weight excluding hydrogens is 322 g/mol. The average Bonchev–Trinajstić information content (AvgIpc) is 2.01. The van der Waals surface area contributed by atoms with Crippen molar-refractivity contribution in [1.82, 2.24) is 0 Å². The van der Waals surface area contributed by atoms with Crippen LogP contribution in [0.2, 0.25) is 0 Å². The van der Waals surface area contributed by atoms with Crippen LogP contribution in [0.3, 0.4) is 0 Å². The minimum absolute atomic E-state index is 0. The zero-order valence-electron chi connectivity index (χ0n) is 7.27. The molecule has 9 heteroatoms. The summed E-state index contributed by atoms with van der Waals surface area (Å²) in [7, 11) is -9.45. The van der Waals surface area contributed by atoms with Crippen LogP contribution in [0.25, 0.3) is 0 Å². The third kappa shape index (κ3) is 5.15. The predicted octanol–water partition coefficient (Wildman–Crippen LogP) is 0.314. The van der Waals surface area contributed by atoms with Gasteiger partial charge in [-0.1, -0.05) is 18.2 Å². The van der Waals surface area contributed by atoms with Crippen molar-refractivity contribution in [3.8, 4) is 0 Å². The van der Waals surface area contributed by atoms with E-state index >= 15 is 0 Å². The van der Waals surface area contributed by atoms with Gasteiger partial charge in [0.1, 0.15) is 0 Å². The molecule has 0 heterocycles. The second-order valence-corrected chi connectivity index (χ2v) is 5.37. The Labute approximate surface area is 106 Å². The summed E-state index contributed by atoms with van der Waals surface area (Å²) in [5.41, 5.74) is 0. The molecule has 1 rings (SSSR count). The molecule has 2 N–H and O–H groups in total. The molecule has 82 valence electrons. The monoisotopic (exact) mass is 328 g/mol. The summed E-state index contributed by atoms with van der Waals surface area (Å²) in [5.74, 6) is 0. The molecule has 0 bridgehead atoms. The van der Waals surface area contributed by atoms with Crippen molar-refractivity contribution < 1.29 is 52.6 Å². The third-order valence-electron chi connectivity index (χ3n) is 1.28. The van der Waals surface area contributed by atoms with Crippen molar-refractivity contribution in [2.75, 3.05) is 0 Å². The van der Waals surface area contributed by atoms with Crippen LogP contribution in [0.4, 0.5) is 0 Å². The molecule has 0 saturated carbocycles. The van der Waals surface area contributed by atoms with Crippen LogP contribution in [0.1, 0.15) is 0 Å². The molecule has 1 atom stereocenters. The quantitative estimate of drug-likeness (QED) is 0.611. The molecule has 0 aliphatic rings. The Kier molecular flexibility index (Phi) is 5.54. The molecule has 0 radical (unpaired) electrons. The van der Waals surface area contributed by atoms with Gasteiger partial charge in [-0.2, -0.15) is 12.4 Å². The Balaban J connectivity index is 0.00000196. The van der Waals surface area contributed by atoms with E-state index in [0.29, 0.717) is 0 Å². The van der Waals surface area contributed by atoms with Crippen LogP contribution in [0.5, 0.6) is 0 Å². The molecule has 0 aliphatic heterocycles. The van der Waals surface area contributed by atoms with Crippen LogP contribution in [-0.4, -0.2) is 17.9 Å². The number of hydrogen-bond acceptors (Lipinski definition) is 4. The summed E-state index contributed by atoms with van der Waals surface area (Å²) in [6.07, 6.45) is 0. The minimum atomic E-state index is -4.94. The molecule has 0 amide bonds. The summed E-state index contributed by atoms with van der Waals surface area (Å²) < 4.78 is 43.6. The van der Waals surface area contributed by atoms with Gasteiger partial charge in [0.05, 0.1) is 5.30 Å². The molecule has 15 heavy (non-hydrogen) atoms. The second kappa shape index (κ2) is 5.48. The van der Waals surface area contributed by atoms with Gasteiger partial charge in [-0.3, -0.25) is 9.12 Å². The first-order chi connectivity index (χ1) is 6.31. The van der Waals surface area contributed by atoms with Gasteiger partial charge in [0.25, 0.3) is 0 Å². The molecule has 6 nitrogen and oxygen atoms in total. The Morgan fingerprint density at radius 1 is 1.20 bits per heavy atom. The minimum Gasteiger partial charge on any atom is -0.320 e. The average molecular weight is 329 g/mol. The summed E-state index contributed by atoms with van der Waals surface area (Å²) >= 11 is 0. The van der Waals surface area contributed by atoms with Gasteiger partial charge in [-0.25, -0.2) is 0 Å². The van der Waals surface area contributed by atoms with Crippen molar-refractivity contribution in [3.05, 3.63) is 30.3 Å². The van der Waals surface area contributed by atoms with Crippen LogP contribution < -0.4 is 5.30 Å². The van der Waals surface area contributed by atoms with Crippen molar-refractivity contribution in [2.45, 2.75) is 0 Å². The fourth-order valence-electron chi connectivity index (χ4n) is 0.787. The number of hydrogen-bond donors (Lipinski definition) is 2. The number of benzene rings is 1. The third-order valence-corrected chi connectivity index (χ3v) is 3.79. The predicted molar refractivity (Wildman–Crippen MR) is 48.5 cm³/mol. The first-order valence-corrected chi connectivity index (χ1v) is 6.32. The van der Waals surface area contributed by atoms with E-state index in [1.54, 1.807) is 6.07 Å². The van der Waals surface area contributed by atoms with E-state index in [-0.39, 0.29) is 31.5 Å². The molecule has 0 fully saturated rings. The van der Waals surface area contributed by atoms with Crippen LogP contribution in [-0.2, 0) is 45.1 Å². The van der Waals surface area contributed by atoms with Gasteiger partial charge < -0.3 is 4.89 Å². The summed E-state index contributed by atoms with van der Waals surface area (Å²) in [6.45, 7) is 0. The second-order valence-electron chi connectivity index (χ2n) is 2.36. The molecular formula is C6H7O6PSZr. The smallest absolute Gasteiger partial charge is 0.320 e. The van der Waals surface area contributed by atoms with Gasteiger partial charge in [0.15, 0.2) is 0 Å². The fraction of sp³-hybridized carbons (Fsp3) is 0. The Hall–Kier alpha value is 0.163. The van der Waals surface area contributed by atoms with E-state index in [1.165, 1.54) is 24.3 Å². The van der Waals surface area contributed by atoms with E-state index in [9.17, 15) is 13.0 Å². The largest absolute Gasteiger partial charge is 0.405 e. The van der Waals surface area contributed by atoms with E-state index < -0.39 is 18.0 Å². The molecule has 0 aliphatic carbocycles. The topological polar surface area (TPSA) is 101 Å². The van der Waals surface area contributed by atoms with Gasteiger partial charge in [0.2, 0.25) is 0 Å². The maximum atomic E-state index is 11.2. The van der Waals surface area contributed by atoms with E-state index in [1.807, 2.05) is 0 Å². The normalized spacial score (nSPS) is 15.1. The maximum absolute atomic E-state index is 11.2. The van der Waals surface area contributed by atoms with Crippen LogP contribution in [0, 0.1) is 0 Å². The van der Waals surface area contributed by atoms with Crippen molar-refractivity contribution in [1.29, 1.82) is 0 Å². The van der Waals surface area contributed by atoms with E-state index in [0.717, 1.165) is 0 Å². The molecule has 0 spiro atoms. The van der Waals surface area contributed by atoms with Gasteiger partial charge in [-0.15, -0.1) is 0 Å². The van der Waals surface area contributed by atoms with Crippen molar-refractivity contribution in [2.24, 2.45) is 0 Å².